The molecule has 0 bridgehead atoms. The highest BCUT2D eigenvalue weighted by Crippen LogP contribution is 2.32. The summed E-state index contributed by atoms with van der Waals surface area (Å²) in [6.45, 7) is 5.74. The van der Waals surface area contributed by atoms with Crippen LogP contribution in [-0.4, -0.2) is 85.1 Å². The molecule has 4 atom stereocenters. The number of anilines is 2. The highest BCUT2D eigenvalue weighted by Gasteiger charge is 2.47. The van der Waals surface area contributed by atoms with Gasteiger partial charge in [0.15, 0.2) is 29.3 Å². The first kappa shape index (κ1) is 29.6. The van der Waals surface area contributed by atoms with Crippen LogP contribution in [-0.2, 0) is 25.6 Å². The first-order chi connectivity index (χ1) is 19.5. The van der Waals surface area contributed by atoms with Crippen molar-refractivity contribution in [3.63, 3.8) is 0 Å². The number of nitrogens with one attached hydrogen (secondary N) is 4. The molecule has 1 aromatic carbocycles. The molecular weight excluding hydrogens is 536 g/mol. The SMILES string of the molecule is CNC(=O)[C@H]1O[C@@H](n2cnc3c(NCc4cccc(NC(=O)CCNC(=O)OC(C)(C)C)c4)ncnc32)[C@H](O)[C@@H]1O. The molecule has 1 aliphatic rings. The quantitative estimate of drug-likeness (QED) is 0.211. The third kappa shape index (κ3) is 7.25. The van der Waals surface area contributed by atoms with Crippen LogP contribution in [0.2, 0.25) is 0 Å². The second kappa shape index (κ2) is 12.4. The monoisotopic (exact) mass is 570 g/mol. The molecule has 0 aliphatic carbocycles. The van der Waals surface area contributed by atoms with Gasteiger partial charge in [0, 0.05) is 32.2 Å². The van der Waals surface area contributed by atoms with E-state index in [9.17, 15) is 24.6 Å². The number of hydrogen-bond donors (Lipinski definition) is 6. The van der Waals surface area contributed by atoms with Crippen LogP contribution in [0.5, 0.6) is 0 Å². The van der Waals surface area contributed by atoms with Crippen LogP contribution in [0.3, 0.4) is 0 Å². The van der Waals surface area contributed by atoms with Crippen LogP contribution in [0.15, 0.2) is 36.9 Å². The lowest BCUT2D eigenvalue weighted by Gasteiger charge is -2.19. The Kier molecular flexibility index (Phi) is 9.00. The van der Waals surface area contributed by atoms with E-state index < -0.39 is 42.1 Å². The number of benzene rings is 1. The second-order valence-corrected chi connectivity index (χ2v) is 10.4. The van der Waals surface area contributed by atoms with E-state index in [1.807, 2.05) is 6.07 Å². The van der Waals surface area contributed by atoms with Crippen molar-refractivity contribution < 1.29 is 34.1 Å². The van der Waals surface area contributed by atoms with Gasteiger partial charge in [-0.05, 0) is 38.5 Å². The molecule has 1 saturated heterocycles. The number of hydrogen-bond acceptors (Lipinski definition) is 11. The summed E-state index contributed by atoms with van der Waals surface area (Å²) >= 11 is 0. The molecule has 3 aromatic rings. The Morgan fingerprint density at radius 3 is 2.63 bits per heavy atom. The molecule has 220 valence electrons. The molecule has 0 saturated carbocycles. The van der Waals surface area contributed by atoms with Gasteiger partial charge >= 0.3 is 6.09 Å². The Bertz CT molecular complexity index is 1410. The lowest BCUT2D eigenvalue weighted by atomic mass is 10.1. The molecule has 3 amide bonds. The zero-order valence-corrected chi connectivity index (χ0v) is 23.1. The predicted octanol–water partition coefficient (Wildman–Crippen LogP) is 0.657. The number of ether oxygens (including phenoxy) is 2. The number of alkyl carbamates (subject to hydrolysis) is 1. The first-order valence-electron chi connectivity index (χ1n) is 13.0. The van der Waals surface area contributed by atoms with Crippen molar-refractivity contribution in [1.82, 2.24) is 30.2 Å². The minimum absolute atomic E-state index is 0.0730. The number of imidazole rings is 1. The zero-order valence-electron chi connectivity index (χ0n) is 23.1. The van der Waals surface area contributed by atoms with Crippen LogP contribution in [0.1, 0.15) is 39.0 Å². The van der Waals surface area contributed by atoms with Crippen molar-refractivity contribution in [3.8, 4) is 0 Å². The summed E-state index contributed by atoms with van der Waals surface area (Å²) in [7, 11) is 1.41. The van der Waals surface area contributed by atoms with Crippen molar-refractivity contribution in [2.75, 3.05) is 24.2 Å². The van der Waals surface area contributed by atoms with Gasteiger partial charge in [-0.3, -0.25) is 14.2 Å². The van der Waals surface area contributed by atoms with Gasteiger partial charge in [-0.15, -0.1) is 0 Å². The molecule has 2 aromatic heterocycles. The summed E-state index contributed by atoms with van der Waals surface area (Å²) in [5.41, 5.74) is 1.53. The van der Waals surface area contributed by atoms with E-state index in [0.29, 0.717) is 29.2 Å². The maximum Gasteiger partial charge on any atom is 0.407 e. The smallest absolute Gasteiger partial charge is 0.407 e. The number of fused-ring (bicyclic) bond motifs is 1. The number of aliphatic hydroxyl groups is 2. The van der Waals surface area contributed by atoms with Gasteiger partial charge in [-0.1, -0.05) is 12.1 Å². The Morgan fingerprint density at radius 2 is 1.90 bits per heavy atom. The molecule has 0 radical (unpaired) electrons. The largest absolute Gasteiger partial charge is 0.444 e. The Balaban J connectivity index is 1.36. The molecule has 1 fully saturated rings. The van der Waals surface area contributed by atoms with E-state index in [0.717, 1.165) is 5.56 Å². The molecule has 15 nitrogen and oxygen atoms in total. The van der Waals surface area contributed by atoms with Gasteiger partial charge in [-0.25, -0.2) is 19.7 Å². The van der Waals surface area contributed by atoms with Gasteiger partial charge in [0.25, 0.3) is 5.91 Å². The standard InChI is InChI=1S/C26H34N8O7/c1-26(2,3)41-25(39)28-9-8-16(35)33-15-7-5-6-14(10-15)11-29-21-17-22(31-12-30-21)34(13-32-17)24-19(37)18(36)20(40-24)23(38)27-4/h5-7,10,12-13,18-20,24,36-37H,8-9,11H2,1-4H3,(H,27,38)(H,28,39)(H,33,35)(H,29,30,31)/t18-,19+,20-,24+/m0/s1. The van der Waals surface area contributed by atoms with E-state index in [1.165, 1.54) is 24.3 Å². The molecule has 15 heteroatoms. The minimum Gasteiger partial charge on any atom is -0.444 e. The molecule has 1 aliphatic heterocycles. The van der Waals surface area contributed by atoms with Gasteiger partial charge in [0.05, 0.1) is 6.33 Å². The number of nitrogens with zero attached hydrogens (tertiary/aromatic N) is 4. The average Bonchev–Trinajstić information content (AvgIpc) is 3.47. The maximum absolute atomic E-state index is 12.3. The van der Waals surface area contributed by atoms with Crippen LogP contribution in [0.25, 0.3) is 11.2 Å². The zero-order chi connectivity index (χ0) is 29.7. The summed E-state index contributed by atoms with van der Waals surface area (Å²) in [5, 5.41) is 31.7. The summed E-state index contributed by atoms with van der Waals surface area (Å²) in [6.07, 6.45) is -2.93. The fourth-order valence-electron chi connectivity index (χ4n) is 4.18. The van der Waals surface area contributed by atoms with Crippen molar-refractivity contribution in [2.45, 2.75) is 63.9 Å². The number of carbonyl (C=O) groups excluding carboxylic acids is 3. The van der Waals surface area contributed by atoms with E-state index in [-0.39, 0.29) is 18.9 Å². The lowest BCUT2D eigenvalue weighted by molar-refractivity contribution is -0.137. The van der Waals surface area contributed by atoms with Crippen LogP contribution in [0, 0.1) is 0 Å². The average molecular weight is 571 g/mol. The molecule has 6 N–H and O–H groups in total. The summed E-state index contributed by atoms with van der Waals surface area (Å²) in [6, 6.07) is 7.21. The number of carbonyl (C=O) groups is 3. The molecular formula is C26H34N8O7. The van der Waals surface area contributed by atoms with E-state index in [2.05, 4.69) is 36.2 Å². The van der Waals surface area contributed by atoms with Gasteiger partial charge < -0.3 is 41.0 Å². The van der Waals surface area contributed by atoms with Crippen molar-refractivity contribution in [1.29, 1.82) is 0 Å². The fraction of sp³-hybridized carbons (Fsp3) is 0.462. The topological polar surface area (TPSA) is 202 Å². The molecule has 0 unspecified atom stereocenters. The summed E-state index contributed by atoms with van der Waals surface area (Å²) in [4.78, 5) is 48.9. The van der Waals surface area contributed by atoms with E-state index in [4.69, 9.17) is 9.47 Å². The number of likely N-dealkylation sites (N-methyl/N-ethyl adjacent to an activating group) is 1. The summed E-state index contributed by atoms with van der Waals surface area (Å²) in [5.74, 6) is -0.419. The van der Waals surface area contributed by atoms with Crippen molar-refractivity contribution >= 4 is 40.6 Å². The van der Waals surface area contributed by atoms with E-state index >= 15 is 0 Å². The Hall–Kier alpha value is -4.34. The number of rotatable bonds is 9. The minimum atomic E-state index is -1.43. The molecule has 3 heterocycles. The normalized spacial score (nSPS) is 20.4. The van der Waals surface area contributed by atoms with Crippen molar-refractivity contribution in [3.05, 3.63) is 42.5 Å². The molecule has 41 heavy (non-hydrogen) atoms. The highest BCUT2D eigenvalue weighted by molar-refractivity contribution is 5.91. The third-order valence-corrected chi connectivity index (χ3v) is 6.07. The molecule has 0 spiro atoms. The predicted molar refractivity (Wildman–Crippen MR) is 147 cm³/mol. The third-order valence-electron chi connectivity index (χ3n) is 6.07. The number of aromatic nitrogens is 4. The van der Waals surface area contributed by atoms with Crippen LogP contribution < -0.4 is 21.3 Å². The molecule has 4 rings (SSSR count). The highest BCUT2D eigenvalue weighted by atomic mass is 16.6. The lowest BCUT2D eigenvalue weighted by Crippen LogP contribution is -2.41. The van der Waals surface area contributed by atoms with Gasteiger partial charge in [0.1, 0.15) is 24.1 Å². The Morgan fingerprint density at radius 1 is 1.12 bits per heavy atom. The van der Waals surface area contributed by atoms with E-state index in [1.54, 1.807) is 39.0 Å². The first-order valence-corrected chi connectivity index (χ1v) is 13.0. The number of aliphatic hydroxyl groups excluding tert-OH is 2. The van der Waals surface area contributed by atoms with Gasteiger partial charge in [0.2, 0.25) is 5.91 Å². The van der Waals surface area contributed by atoms with Gasteiger partial charge in [-0.2, -0.15) is 0 Å². The second-order valence-electron chi connectivity index (χ2n) is 10.4. The van der Waals surface area contributed by atoms with Crippen LogP contribution in [0.4, 0.5) is 16.3 Å². The number of amides is 3. The van der Waals surface area contributed by atoms with Crippen LogP contribution >= 0.6 is 0 Å². The summed E-state index contributed by atoms with van der Waals surface area (Å²) < 4.78 is 12.2. The maximum atomic E-state index is 12.3. The Labute approximate surface area is 235 Å². The fourth-order valence-corrected chi connectivity index (χ4v) is 4.18. The van der Waals surface area contributed by atoms with Crippen molar-refractivity contribution in [2.24, 2.45) is 0 Å².